The second-order valence-corrected chi connectivity index (χ2v) is 6.83. The topological polar surface area (TPSA) is 192 Å². The van der Waals surface area contributed by atoms with Gasteiger partial charge in [0.1, 0.15) is 0 Å². The van der Waals surface area contributed by atoms with E-state index in [1.807, 2.05) is 6.92 Å². The zero-order valence-electron chi connectivity index (χ0n) is 21.7. The van der Waals surface area contributed by atoms with Crippen molar-refractivity contribution in [1.82, 2.24) is 9.80 Å². The lowest BCUT2D eigenvalue weighted by atomic mass is 10.2. The number of hydrogen-bond donors (Lipinski definition) is 2. The van der Waals surface area contributed by atoms with E-state index in [-0.39, 0.29) is 18.4 Å². The predicted octanol–water partition coefficient (Wildman–Crippen LogP) is 0.523. The summed E-state index contributed by atoms with van der Waals surface area (Å²) >= 11 is 0. The third kappa shape index (κ3) is 17.5. The molecule has 0 fully saturated rings. The van der Waals surface area contributed by atoms with E-state index in [4.69, 9.17) is 14.6 Å². The number of hydrogen-bond acceptors (Lipinski definition) is 11. The highest BCUT2D eigenvalue weighted by Crippen LogP contribution is 2.06. The first kappa shape index (κ1) is 35.5. The molecule has 2 aliphatic rings. The molecule has 2 aliphatic heterocycles. The number of carbonyl (C=O) groups excluding carboxylic acids is 6. The molecular formula is C23H37N3O11. The highest BCUT2D eigenvalue weighted by atomic mass is 16.5. The molecule has 0 radical (unpaired) electrons. The second kappa shape index (κ2) is 22.8. The molecule has 2 rings (SSSR count). The number of methoxy groups -OCH3 is 3. The monoisotopic (exact) mass is 531 g/mol. The number of carbonyl (C=O) groups is 6. The molecule has 3 N–H and O–H groups in total. The Morgan fingerprint density at radius 2 is 1.32 bits per heavy atom. The number of unbranched alkanes of at least 4 members (excludes halogenated alkanes) is 2. The number of primary amides is 1. The number of aliphatic hydroxyl groups excluding tert-OH is 1. The van der Waals surface area contributed by atoms with Gasteiger partial charge in [0.2, 0.25) is 0 Å². The predicted molar refractivity (Wildman–Crippen MR) is 130 cm³/mol. The second-order valence-electron chi connectivity index (χ2n) is 6.83. The maximum absolute atomic E-state index is 11.1. The lowest BCUT2D eigenvalue weighted by Crippen LogP contribution is -2.35. The standard InChI is InChI=1S/C10H15NO3.C6H5NO4.C5H12O2.C2H5NO2/c1-14-8-4-2-3-7-11-9(12)5-6-10(11)13;1-11-6(10)7-4(8)2-3-5(7)9;1-2-7-5-3-4-6;1-5-2(3)4/h5-6H,2-4,7-8H2,1H3;2-3H,1H3;6H,2-5H2,1H3;1H3,(H2,3,4). The zero-order chi connectivity index (χ0) is 28.6. The average Bonchev–Trinajstić information content (AvgIpc) is 3.39. The molecule has 0 saturated carbocycles. The summed E-state index contributed by atoms with van der Waals surface area (Å²) in [7, 11) is 3.99. The quantitative estimate of drug-likeness (QED) is 0.295. The molecule has 0 bridgehead atoms. The molecule has 6 amide bonds. The van der Waals surface area contributed by atoms with Crippen LogP contribution in [0.4, 0.5) is 9.59 Å². The number of amides is 6. The molecule has 0 saturated heterocycles. The van der Waals surface area contributed by atoms with Gasteiger partial charge in [-0.2, -0.15) is 4.90 Å². The van der Waals surface area contributed by atoms with Gasteiger partial charge in [-0.05, 0) is 32.6 Å². The Morgan fingerprint density at radius 1 is 0.811 bits per heavy atom. The van der Waals surface area contributed by atoms with Crippen molar-refractivity contribution >= 4 is 35.8 Å². The van der Waals surface area contributed by atoms with Crippen molar-refractivity contribution in [2.24, 2.45) is 5.73 Å². The van der Waals surface area contributed by atoms with E-state index in [0.717, 1.165) is 58.2 Å². The minimum Gasteiger partial charge on any atom is -0.453 e. The van der Waals surface area contributed by atoms with Crippen molar-refractivity contribution in [2.75, 3.05) is 54.3 Å². The van der Waals surface area contributed by atoms with Crippen molar-refractivity contribution in [3.63, 3.8) is 0 Å². The van der Waals surface area contributed by atoms with Gasteiger partial charge in [-0.1, -0.05) is 0 Å². The van der Waals surface area contributed by atoms with E-state index in [1.54, 1.807) is 7.11 Å². The van der Waals surface area contributed by atoms with Crippen LogP contribution in [-0.4, -0.2) is 105 Å². The molecular weight excluding hydrogens is 494 g/mol. The van der Waals surface area contributed by atoms with Crippen LogP contribution in [0.5, 0.6) is 0 Å². The summed E-state index contributed by atoms with van der Waals surface area (Å²) in [4.78, 5) is 65.3. The Morgan fingerprint density at radius 3 is 1.73 bits per heavy atom. The third-order valence-corrected chi connectivity index (χ3v) is 4.15. The van der Waals surface area contributed by atoms with Gasteiger partial charge in [0, 0.05) is 64.4 Å². The molecule has 0 aliphatic carbocycles. The zero-order valence-corrected chi connectivity index (χ0v) is 21.7. The molecule has 0 spiro atoms. The smallest absolute Gasteiger partial charge is 0.423 e. The van der Waals surface area contributed by atoms with Gasteiger partial charge >= 0.3 is 12.2 Å². The van der Waals surface area contributed by atoms with Crippen molar-refractivity contribution in [3.05, 3.63) is 24.3 Å². The molecule has 2 heterocycles. The molecule has 14 heteroatoms. The van der Waals surface area contributed by atoms with Crippen molar-refractivity contribution in [1.29, 1.82) is 0 Å². The SMILES string of the molecule is CCOCCCO.COC(=O)N1C(=O)C=CC1=O.COC(N)=O.COCCCCCN1C(=O)C=CC1=O. The number of rotatable bonds is 10. The minimum atomic E-state index is -0.954. The largest absolute Gasteiger partial charge is 0.453 e. The summed E-state index contributed by atoms with van der Waals surface area (Å²) in [6, 6.07) is 0. The Bertz CT molecular complexity index is 757. The van der Waals surface area contributed by atoms with E-state index in [1.165, 1.54) is 24.2 Å². The van der Waals surface area contributed by atoms with Crippen LogP contribution < -0.4 is 5.73 Å². The number of ether oxygens (including phenoxy) is 4. The van der Waals surface area contributed by atoms with Crippen LogP contribution in [0.25, 0.3) is 0 Å². The Kier molecular flexibility index (Phi) is 21.9. The van der Waals surface area contributed by atoms with E-state index in [0.29, 0.717) is 18.1 Å². The van der Waals surface area contributed by atoms with Gasteiger partial charge in [-0.15, -0.1) is 0 Å². The van der Waals surface area contributed by atoms with Crippen LogP contribution in [0.3, 0.4) is 0 Å². The van der Waals surface area contributed by atoms with Crippen molar-refractivity contribution in [3.8, 4) is 0 Å². The van der Waals surface area contributed by atoms with Crippen LogP contribution in [0.15, 0.2) is 24.3 Å². The highest BCUT2D eigenvalue weighted by molar-refractivity contribution is 6.21. The average molecular weight is 532 g/mol. The fraction of sp³-hybridized carbons (Fsp3) is 0.565. The summed E-state index contributed by atoms with van der Waals surface area (Å²) in [5.74, 6) is -1.72. The van der Waals surface area contributed by atoms with Crippen molar-refractivity contribution < 1.29 is 52.8 Å². The molecule has 0 atom stereocenters. The first-order valence-electron chi connectivity index (χ1n) is 11.3. The molecule has 14 nitrogen and oxygen atoms in total. The molecule has 0 aromatic rings. The summed E-state index contributed by atoms with van der Waals surface area (Å²) in [6.45, 7) is 4.87. The van der Waals surface area contributed by atoms with Crippen LogP contribution in [0.2, 0.25) is 0 Å². The normalized spacial score (nSPS) is 13.3. The highest BCUT2D eigenvalue weighted by Gasteiger charge is 2.30. The van der Waals surface area contributed by atoms with E-state index < -0.39 is 24.0 Å². The first-order chi connectivity index (χ1) is 17.6. The number of imide groups is 4. The molecule has 210 valence electrons. The van der Waals surface area contributed by atoms with Crippen molar-refractivity contribution in [2.45, 2.75) is 32.6 Å². The first-order valence-corrected chi connectivity index (χ1v) is 11.3. The molecule has 0 aromatic heterocycles. The van der Waals surface area contributed by atoms with E-state index >= 15 is 0 Å². The van der Waals surface area contributed by atoms with Gasteiger partial charge in [0.05, 0.1) is 14.2 Å². The lowest BCUT2D eigenvalue weighted by Gasteiger charge is -2.12. The van der Waals surface area contributed by atoms with Crippen LogP contribution >= 0.6 is 0 Å². The summed E-state index contributed by atoms with van der Waals surface area (Å²) in [6.07, 6.45) is 6.52. The van der Waals surface area contributed by atoms with Gasteiger partial charge in [-0.25, -0.2) is 9.59 Å². The van der Waals surface area contributed by atoms with Crippen LogP contribution in [0.1, 0.15) is 32.6 Å². The lowest BCUT2D eigenvalue weighted by molar-refractivity contribution is -0.137. The third-order valence-electron chi connectivity index (χ3n) is 4.15. The fourth-order valence-electron chi connectivity index (χ4n) is 2.33. The Hall–Kier alpha value is -3.62. The Labute approximate surface area is 215 Å². The summed E-state index contributed by atoms with van der Waals surface area (Å²) in [5.41, 5.74) is 4.43. The molecule has 37 heavy (non-hydrogen) atoms. The van der Waals surface area contributed by atoms with Crippen LogP contribution in [-0.2, 0) is 38.1 Å². The Balaban J connectivity index is 0. The van der Waals surface area contributed by atoms with Gasteiger partial charge < -0.3 is 29.8 Å². The number of aliphatic hydroxyl groups is 1. The fourth-order valence-corrected chi connectivity index (χ4v) is 2.33. The minimum absolute atomic E-state index is 0.193. The number of nitrogens with two attached hydrogens (primary N) is 1. The number of nitrogens with zero attached hydrogens (tertiary/aromatic N) is 2. The van der Waals surface area contributed by atoms with E-state index in [9.17, 15) is 28.8 Å². The summed E-state index contributed by atoms with van der Waals surface area (Å²) < 4.78 is 17.9. The van der Waals surface area contributed by atoms with Gasteiger partial charge in [0.25, 0.3) is 23.6 Å². The summed E-state index contributed by atoms with van der Waals surface area (Å²) in [5, 5.41) is 8.21. The van der Waals surface area contributed by atoms with E-state index in [2.05, 4.69) is 15.2 Å². The maximum Gasteiger partial charge on any atom is 0.423 e. The van der Waals surface area contributed by atoms with Gasteiger partial charge in [0.15, 0.2) is 0 Å². The molecule has 0 unspecified atom stereocenters. The van der Waals surface area contributed by atoms with Crippen LogP contribution in [0, 0.1) is 0 Å². The van der Waals surface area contributed by atoms with Gasteiger partial charge in [-0.3, -0.25) is 24.1 Å². The molecule has 0 aromatic carbocycles. The maximum atomic E-state index is 11.1.